The first kappa shape index (κ1) is 20.2. The van der Waals surface area contributed by atoms with Gasteiger partial charge in [0.15, 0.2) is 10.7 Å². The van der Waals surface area contributed by atoms with E-state index in [1.165, 1.54) is 15.4 Å². The number of H-pyrrole nitrogens is 1. The second kappa shape index (κ2) is 7.48. The average molecular weight is 432 g/mol. The van der Waals surface area contributed by atoms with Crippen LogP contribution in [0.1, 0.15) is 23.1 Å². The van der Waals surface area contributed by atoms with E-state index in [1.807, 2.05) is 6.92 Å². The first-order chi connectivity index (χ1) is 13.2. The molecule has 14 heteroatoms. The van der Waals surface area contributed by atoms with Crippen molar-refractivity contribution in [3.63, 3.8) is 0 Å². The minimum Gasteiger partial charge on any atom is -0.358 e. The summed E-state index contributed by atoms with van der Waals surface area (Å²) in [6, 6.07) is 0. The summed E-state index contributed by atoms with van der Waals surface area (Å²) < 4.78 is 28.6. The third-order valence-corrected chi connectivity index (χ3v) is 6.80. The molecular formula is C14H18ClN7O5S. The fraction of sp³-hybridized carbons (Fsp3) is 0.500. The largest absolute Gasteiger partial charge is 0.362 e. The number of aromatic nitrogens is 4. The van der Waals surface area contributed by atoms with Gasteiger partial charge in [0.25, 0.3) is 5.91 Å². The van der Waals surface area contributed by atoms with Gasteiger partial charge in [-0.25, -0.2) is 8.42 Å². The fourth-order valence-corrected chi connectivity index (χ4v) is 4.74. The Bertz CT molecular complexity index is 1020. The molecule has 1 aliphatic rings. The number of halogens is 1. The third kappa shape index (κ3) is 3.47. The van der Waals surface area contributed by atoms with Crippen molar-refractivity contribution in [2.24, 2.45) is 0 Å². The zero-order chi connectivity index (χ0) is 20.6. The van der Waals surface area contributed by atoms with Gasteiger partial charge in [0.05, 0.1) is 5.69 Å². The topological polar surface area (TPSA) is 147 Å². The van der Waals surface area contributed by atoms with E-state index in [0.717, 1.165) is 0 Å². The van der Waals surface area contributed by atoms with E-state index in [-0.39, 0.29) is 41.8 Å². The predicted molar refractivity (Wildman–Crippen MR) is 97.6 cm³/mol. The van der Waals surface area contributed by atoms with Crippen molar-refractivity contribution in [3.8, 4) is 0 Å². The number of carbonyl (C=O) groups excluding carboxylic acids is 1. The Hall–Kier alpha value is -2.51. The molecule has 1 fully saturated rings. The minimum absolute atomic E-state index is 0.0783. The van der Waals surface area contributed by atoms with Crippen LogP contribution in [0, 0.1) is 17.0 Å². The minimum atomic E-state index is -3.74. The SMILES string of the molecule is CCn1cc(S(=O)(=O)N2CCN(C(=O)c3n[nH]c([N+](=O)[O-])c3Cl)CC2)c(C)n1. The monoisotopic (exact) mass is 431 g/mol. The third-order valence-electron chi connectivity index (χ3n) is 4.44. The molecule has 3 heterocycles. The summed E-state index contributed by atoms with van der Waals surface area (Å²) >= 11 is 5.85. The highest BCUT2D eigenvalue weighted by Gasteiger charge is 2.35. The second-order valence-electron chi connectivity index (χ2n) is 6.12. The Morgan fingerprint density at radius 3 is 2.50 bits per heavy atom. The van der Waals surface area contributed by atoms with E-state index in [4.69, 9.17) is 11.6 Å². The smallest absolute Gasteiger partial charge is 0.358 e. The second-order valence-corrected chi connectivity index (χ2v) is 8.41. The summed E-state index contributed by atoms with van der Waals surface area (Å²) in [5.74, 6) is -1.16. The molecule has 0 aliphatic carbocycles. The van der Waals surface area contributed by atoms with Crippen LogP contribution in [0.5, 0.6) is 0 Å². The maximum absolute atomic E-state index is 12.9. The normalized spacial score (nSPS) is 15.8. The van der Waals surface area contributed by atoms with Crippen molar-refractivity contribution in [2.75, 3.05) is 26.2 Å². The van der Waals surface area contributed by atoms with Crippen molar-refractivity contribution in [3.05, 3.63) is 32.7 Å². The Labute approximate surface area is 165 Å². The van der Waals surface area contributed by atoms with Gasteiger partial charge in [-0.15, -0.1) is 5.10 Å². The van der Waals surface area contributed by atoms with E-state index in [9.17, 15) is 23.3 Å². The maximum atomic E-state index is 12.9. The van der Waals surface area contributed by atoms with Crippen molar-refractivity contribution in [1.82, 2.24) is 29.2 Å². The highest BCUT2D eigenvalue weighted by atomic mass is 35.5. The highest BCUT2D eigenvalue weighted by Crippen LogP contribution is 2.27. The number of nitro groups is 1. The van der Waals surface area contributed by atoms with Gasteiger partial charge in [-0.1, -0.05) is 16.7 Å². The van der Waals surface area contributed by atoms with E-state index in [1.54, 1.807) is 11.6 Å². The van der Waals surface area contributed by atoms with Gasteiger partial charge < -0.3 is 15.0 Å². The van der Waals surface area contributed by atoms with Gasteiger partial charge in [-0.05, 0) is 18.8 Å². The fourth-order valence-electron chi connectivity index (χ4n) is 2.92. The van der Waals surface area contributed by atoms with Crippen LogP contribution < -0.4 is 0 Å². The lowest BCUT2D eigenvalue weighted by Gasteiger charge is -2.33. The van der Waals surface area contributed by atoms with Gasteiger partial charge in [0.2, 0.25) is 10.0 Å². The van der Waals surface area contributed by atoms with Gasteiger partial charge >= 0.3 is 5.82 Å². The number of amides is 1. The van der Waals surface area contributed by atoms with Crippen LogP contribution in [0.2, 0.25) is 5.02 Å². The molecule has 1 aliphatic heterocycles. The van der Waals surface area contributed by atoms with Crippen LogP contribution >= 0.6 is 11.6 Å². The molecule has 0 spiro atoms. The number of nitrogens with one attached hydrogen (secondary N) is 1. The van der Waals surface area contributed by atoms with Crippen LogP contribution in [0.15, 0.2) is 11.1 Å². The predicted octanol–water partition coefficient (Wildman–Crippen LogP) is 0.643. The summed E-state index contributed by atoms with van der Waals surface area (Å²) in [4.78, 5) is 24.1. The molecule has 2 aromatic rings. The zero-order valence-electron chi connectivity index (χ0n) is 15.1. The first-order valence-corrected chi connectivity index (χ1v) is 10.2. The van der Waals surface area contributed by atoms with Crippen molar-refractivity contribution in [1.29, 1.82) is 0 Å². The van der Waals surface area contributed by atoms with Gasteiger partial charge in [0.1, 0.15) is 4.90 Å². The number of aromatic amines is 1. The quantitative estimate of drug-likeness (QED) is 0.539. The van der Waals surface area contributed by atoms with Crippen molar-refractivity contribution < 1.29 is 18.1 Å². The number of hydrogen-bond acceptors (Lipinski definition) is 7. The molecule has 0 aromatic carbocycles. The molecule has 2 aromatic heterocycles. The number of rotatable bonds is 5. The summed E-state index contributed by atoms with van der Waals surface area (Å²) in [7, 11) is -3.74. The highest BCUT2D eigenvalue weighted by molar-refractivity contribution is 7.89. The molecule has 152 valence electrons. The van der Waals surface area contributed by atoms with Crippen molar-refractivity contribution in [2.45, 2.75) is 25.3 Å². The molecule has 1 amide bonds. The number of nitrogens with zero attached hydrogens (tertiary/aromatic N) is 6. The van der Waals surface area contributed by atoms with Gasteiger partial charge in [-0.3, -0.25) is 9.48 Å². The molecule has 1 saturated heterocycles. The summed E-state index contributed by atoms with van der Waals surface area (Å²) in [5.41, 5.74) is 0.153. The van der Waals surface area contributed by atoms with Crippen LogP contribution in [0.25, 0.3) is 0 Å². The standard InChI is InChI=1S/C14H18ClN7O5S/c1-3-20-8-10(9(2)18-20)28(26,27)21-6-4-19(5-7-21)14(23)12-11(15)13(17-16-12)22(24)25/h8H,3-7H2,1-2H3,(H,16,17). The van der Waals surface area contributed by atoms with Crippen LogP contribution in [-0.2, 0) is 16.6 Å². The summed E-state index contributed by atoms with van der Waals surface area (Å²) in [6.07, 6.45) is 1.49. The van der Waals surface area contributed by atoms with Gasteiger partial charge in [-0.2, -0.15) is 9.40 Å². The molecule has 1 N–H and O–H groups in total. The Morgan fingerprint density at radius 1 is 1.36 bits per heavy atom. The Balaban J connectivity index is 1.72. The molecule has 28 heavy (non-hydrogen) atoms. The molecule has 0 atom stereocenters. The van der Waals surface area contributed by atoms with Crippen molar-refractivity contribution >= 4 is 33.3 Å². The molecule has 3 rings (SSSR count). The molecule has 0 bridgehead atoms. The van der Waals surface area contributed by atoms with Crippen LogP contribution in [0.3, 0.4) is 0 Å². The molecule has 12 nitrogen and oxygen atoms in total. The lowest BCUT2D eigenvalue weighted by Crippen LogP contribution is -2.50. The molecule has 0 unspecified atom stereocenters. The summed E-state index contributed by atoms with van der Waals surface area (Å²) in [5, 5.41) is 20.4. The van der Waals surface area contributed by atoms with Gasteiger partial charge in [0, 0.05) is 38.9 Å². The first-order valence-electron chi connectivity index (χ1n) is 8.38. The van der Waals surface area contributed by atoms with Crippen LogP contribution in [-0.4, -0.2) is 74.6 Å². The molecule has 0 saturated carbocycles. The lowest BCUT2D eigenvalue weighted by molar-refractivity contribution is -0.389. The number of carbonyl (C=O) groups is 1. The van der Waals surface area contributed by atoms with E-state index < -0.39 is 26.7 Å². The van der Waals surface area contributed by atoms with E-state index in [2.05, 4.69) is 15.3 Å². The van der Waals surface area contributed by atoms with E-state index in [0.29, 0.717) is 12.2 Å². The van der Waals surface area contributed by atoms with Crippen LogP contribution in [0.4, 0.5) is 5.82 Å². The zero-order valence-corrected chi connectivity index (χ0v) is 16.7. The lowest BCUT2D eigenvalue weighted by atomic mass is 10.3. The Morgan fingerprint density at radius 2 is 2.00 bits per heavy atom. The average Bonchev–Trinajstić information content (AvgIpc) is 3.24. The molecule has 0 radical (unpaired) electrons. The number of hydrogen-bond donors (Lipinski definition) is 1. The maximum Gasteiger partial charge on any atom is 0.362 e. The number of aryl methyl sites for hydroxylation is 2. The van der Waals surface area contributed by atoms with E-state index >= 15 is 0 Å². The molecular weight excluding hydrogens is 414 g/mol. The number of piperazine rings is 1. The summed E-state index contributed by atoms with van der Waals surface area (Å²) in [6.45, 7) is 4.41. The number of sulfonamides is 1. The Kier molecular flexibility index (Phi) is 5.41.